The van der Waals surface area contributed by atoms with E-state index in [4.69, 9.17) is 4.74 Å². The van der Waals surface area contributed by atoms with Gasteiger partial charge in [0.15, 0.2) is 6.61 Å². The lowest BCUT2D eigenvalue weighted by atomic mass is 10.1. The molecule has 0 aliphatic carbocycles. The first-order chi connectivity index (χ1) is 9.97. The van der Waals surface area contributed by atoms with E-state index in [0.29, 0.717) is 10.2 Å². The predicted molar refractivity (Wildman–Crippen MR) is 84.1 cm³/mol. The molecule has 0 radical (unpaired) electrons. The zero-order valence-corrected chi connectivity index (χ0v) is 13.3. The molecule has 0 aromatic heterocycles. The molecule has 1 N–H and O–H groups in total. The number of rotatable bonds is 4. The minimum atomic E-state index is -0.367. The number of hydrogen-bond donors (Lipinski definition) is 1. The summed E-state index contributed by atoms with van der Waals surface area (Å²) in [5.41, 5.74) is 2.89. The van der Waals surface area contributed by atoms with E-state index >= 15 is 0 Å². The van der Waals surface area contributed by atoms with Gasteiger partial charge < -0.3 is 10.1 Å². The number of aryl methyl sites for hydroxylation is 1. The largest absolute Gasteiger partial charge is 0.483 e. The van der Waals surface area contributed by atoms with Crippen LogP contribution in [-0.4, -0.2) is 12.5 Å². The maximum Gasteiger partial charge on any atom is 0.262 e. The highest BCUT2D eigenvalue weighted by Gasteiger charge is 2.08. The van der Waals surface area contributed by atoms with Gasteiger partial charge in [-0.2, -0.15) is 0 Å². The van der Waals surface area contributed by atoms with Crippen molar-refractivity contribution in [3.8, 4) is 5.75 Å². The molecule has 0 saturated carbocycles. The Hall–Kier alpha value is -1.88. The van der Waals surface area contributed by atoms with Crippen LogP contribution in [0.15, 0.2) is 40.9 Å². The third-order valence-electron chi connectivity index (χ3n) is 3.13. The van der Waals surface area contributed by atoms with Crippen LogP contribution in [0.3, 0.4) is 0 Å². The lowest BCUT2D eigenvalue weighted by Crippen LogP contribution is -2.20. The van der Waals surface area contributed by atoms with Gasteiger partial charge in [0.2, 0.25) is 0 Å². The molecule has 21 heavy (non-hydrogen) atoms. The van der Waals surface area contributed by atoms with Crippen LogP contribution in [0.25, 0.3) is 0 Å². The molecule has 0 spiro atoms. The SMILES string of the molecule is Cc1cccc(NC(=O)COc2ccc(F)cc2Br)c1C. The molecule has 3 nitrogen and oxygen atoms in total. The van der Waals surface area contributed by atoms with E-state index in [1.54, 1.807) is 0 Å². The molecule has 0 fully saturated rings. The average Bonchev–Trinajstić information content (AvgIpc) is 2.43. The van der Waals surface area contributed by atoms with Crippen LogP contribution in [0.2, 0.25) is 0 Å². The normalized spacial score (nSPS) is 10.3. The molecule has 1 amide bonds. The van der Waals surface area contributed by atoms with Crippen molar-refractivity contribution in [3.63, 3.8) is 0 Å². The van der Waals surface area contributed by atoms with E-state index in [2.05, 4.69) is 21.2 Å². The molecule has 0 aliphatic rings. The van der Waals surface area contributed by atoms with E-state index < -0.39 is 0 Å². The van der Waals surface area contributed by atoms with E-state index in [0.717, 1.165) is 16.8 Å². The smallest absolute Gasteiger partial charge is 0.262 e. The Morgan fingerprint density at radius 3 is 2.76 bits per heavy atom. The van der Waals surface area contributed by atoms with Crippen LogP contribution in [0.4, 0.5) is 10.1 Å². The molecule has 0 heterocycles. The zero-order valence-electron chi connectivity index (χ0n) is 11.7. The molecule has 0 atom stereocenters. The summed E-state index contributed by atoms with van der Waals surface area (Å²) in [5, 5.41) is 2.80. The molecular formula is C16H15BrFNO2. The van der Waals surface area contributed by atoms with Crippen molar-refractivity contribution >= 4 is 27.5 Å². The summed E-state index contributed by atoms with van der Waals surface area (Å²) >= 11 is 3.19. The van der Waals surface area contributed by atoms with E-state index in [1.807, 2.05) is 32.0 Å². The summed E-state index contributed by atoms with van der Waals surface area (Å²) in [4.78, 5) is 11.9. The van der Waals surface area contributed by atoms with Gasteiger partial charge in [-0.05, 0) is 65.2 Å². The molecule has 5 heteroatoms. The number of carbonyl (C=O) groups excluding carboxylic acids is 1. The second-order valence-electron chi connectivity index (χ2n) is 4.66. The van der Waals surface area contributed by atoms with Gasteiger partial charge in [0, 0.05) is 5.69 Å². The monoisotopic (exact) mass is 351 g/mol. The maximum absolute atomic E-state index is 13.0. The topological polar surface area (TPSA) is 38.3 Å². The highest BCUT2D eigenvalue weighted by atomic mass is 79.9. The third-order valence-corrected chi connectivity index (χ3v) is 3.75. The molecule has 110 valence electrons. The summed E-state index contributed by atoms with van der Waals surface area (Å²) in [6, 6.07) is 9.76. The van der Waals surface area contributed by atoms with Gasteiger partial charge in [-0.1, -0.05) is 12.1 Å². The molecule has 2 rings (SSSR count). The van der Waals surface area contributed by atoms with Gasteiger partial charge in [0.25, 0.3) is 5.91 Å². The van der Waals surface area contributed by atoms with Crippen LogP contribution in [0.5, 0.6) is 5.75 Å². The van der Waals surface area contributed by atoms with Crippen LogP contribution in [-0.2, 0) is 4.79 Å². The van der Waals surface area contributed by atoms with Gasteiger partial charge in [-0.25, -0.2) is 4.39 Å². The number of hydrogen-bond acceptors (Lipinski definition) is 2. The Balaban J connectivity index is 1.97. The molecular weight excluding hydrogens is 337 g/mol. The second kappa shape index (κ2) is 6.72. The lowest BCUT2D eigenvalue weighted by molar-refractivity contribution is -0.118. The van der Waals surface area contributed by atoms with E-state index in [1.165, 1.54) is 18.2 Å². The number of amides is 1. The fraction of sp³-hybridized carbons (Fsp3) is 0.188. The first-order valence-corrected chi connectivity index (χ1v) is 7.20. The van der Waals surface area contributed by atoms with Crippen molar-refractivity contribution in [3.05, 3.63) is 57.8 Å². The van der Waals surface area contributed by atoms with Crippen LogP contribution < -0.4 is 10.1 Å². The van der Waals surface area contributed by atoms with Crippen molar-refractivity contribution in [1.82, 2.24) is 0 Å². The third kappa shape index (κ3) is 4.04. The van der Waals surface area contributed by atoms with Crippen molar-refractivity contribution < 1.29 is 13.9 Å². The fourth-order valence-electron chi connectivity index (χ4n) is 1.81. The van der Waals surface area contributed by atoms with Gasteiger partial charge in [0.05, 0.1) is 4.47 Å². The first kappa shape index (κ1) is 15.5. The Bertz CT molecular complexity index is 673. The summed E-state index contributed by atoms with van der Waals surface area (Å²) in [6.45, 7) is 3.79. The van der Waals surface area contributed by atoms with Gasteiger partial charge in [-0.15, -0.1) is 0 Å². The highest BCUT2D eigenvalue weighted by molar-refractivity contribution is 9.10. The Labute approximate surface area is 131 Å². The predicted octanol–water partition coefficient (Wildman–Crippen LogP) is 4.22. The lowest BCUT2D eigenvalue weighted by Gasteiger charge is -2.11. The molecule has 2 aromatic carbocycles. The van der Waals surface area contributed by atoms with Gasteiger partial charge >= 0.3 is 0 Å². The summed E-state index contributed by atoms with van der Waals surface area (Å²) in [7, 11) is 0. The highest BCUT2D eigenvalue weighted by Crippen LogP contribution is 2.25. The number of carbonyl (C=O) groups is 1. The van der Waals surface area contributed by atoms with Crippen molar-refractivity contribution in [1.29, 1.82) is 0 Å². The fourth-order valence-corrected chi connectivity index (χ4v) is 2.27. The summed E-state index contributed by atoms with van der Waals surface area (Å²) in [6.07, 6.45) is 0. The molecule has 0 unspecified atom stereocenters. The number of ether oxygens (including phenoxy) is 1. The standard InChI is InChI=1S/C16H15BrFNO2/c1-10-4-3-5-14(11(10)2)19-16(20)9-21-15-7-6-12(18)8-13(15)17/h3-8H,9H2,1-2H3,(H,19,20). The number of anilines is 1. The minimum Gasteiger partial charge on any atom is -0.483 e. The van der Waals surface area contributed by atoms with E-state index in [-0.39, 0.29) is 18.3 Å². The van der Waals surface area contributed by atoms with Crippen LogP contribution >= 0.6 is 15.9 Å². The number of halogens is 2. The van der Waals surface area contributed by atoms with Crippen LogP contribution in [0, 0.1) is 19.7 Å². The zero-order chi connectivity index (χ0) is 15.4. The molecule has 0 aliphatic heterocycles. The first-order valence-electron chi connectivity index (χ1n) is 6.41. The van der Waals surface area contributed by atoms with Crippen molar-refractivity contribution in [2.24, 2.45) is 0 Å². The Kier molecular flexibility index (Phi) is 4.96. The quantitative estimate of drug-likeness (QED) is 0.895. The van der Waals surface area contributed by atoms with Crippen molar-refractivity contribution in [2.75, 3.05) is 11.9 Å². The molecule has 0 saturated heterocycles. The Morgan fingerprint density at radius 1 is 1.29 bits per heavy atom. The molecule has 2 aromatic rings. The van der Waals surface area contributed by atoms with Crippen molar-refractivity contribution in [2.45, 2.75) is 13.8 Å². The summed E-state index contributed by atoms with van der Waals surface area (Å²) < 4.78 is 18.8. The van der Waals surface area contributed by atoms with E-state index in [9.17, 15) is 9.18 Å². The van der Waals surface area contributed by atoms with Crippen LogP contribution in [0.1, 0.15) is 11.1 Å². The maximum atomic E-state index is 13.0. The number of benzene rings is 2. The Morgan fingerprint density at radius 2 is 2.05 bits per heavy atom. The second-order valence-corrected chi connectivity index (χ2v) is 5.51. The van der Waals surface area contributed by atoms with Gasteiger partial charge in [0.1, 0.15) is 11.6 Å². The average molecular weight is 352 g/mol. The number of nitrogens with one attached hydrogen (secondary N) is 1. The molecule has 0 bridgehead atoms. The summed E-state index contributed by atoms with van der Waals surface area (Å²) in [5.74, 6) is -0.207. The minimum absolute atomic E-state index is 0.141. The van der Waals surface area contributed by atoms with Gasteiger partial charge in [-0.3, -0.25) is 4.79 Å².